The lowest BCUT2D eigenvalue weighted by Gasteiger charge is -2.28. The Balaban J connectivity index is 2.01. The third kappa shape index (κ3) is 4.66. The molecule has 0 fully saturated rings. The number of unbranched alkanes of at least 4 members (excludes halogenated alkanes) is 2. The summed E-state index contributed by atoms with van der Waals surface area (Å²) in [6, 6.07) is 7.79. The van der Waals surface area contributed by atoms with Gasteiger partial charge in [-0.05, 0) is 25.0 Å². The van der Waals surface area contributed by atoms with Crippen molar-refractivity contribution in [2.75, 3.05) is 19.7 Å². The van der Waals surface area contributed by atoms with E-state index >= 15 is 0 Å². The standard InChI is InChI=1S/C17H26N2O2/c1-3-5-11-18-17(19-12-6-4-2)16-13-20-14-9-7-8-10-15(14)21-16/h7-10,16H,3-6,11-13H2,1-2H3,(H,18,19). The van der Waals surface area contributed by atoms with E-state index in [4.69, 9.17) is 9.47 Å². The van der Waals surface area contributed by atoms with Gasteiger partial charge in [0.25, 0.3) is 0 Å². The molecule has 4 nitrogen and oxygen atoms in total. The van der Waals surface area contributed by atoms with Crippen molar-refractivity contribution < 1.29 is 9.47 Å². The van der Waals surface area contributed by atoms with Gasteiger partial charge >= 0.3 is 0 Å². The lowest BCUT2D eigenvalue weighted by Crippen LogP contribution is -2.44. The summed E-state index contributed by atoms with van der Waals surface area (Å²) >= 11 is 0. The van der Waals surface area contributed by atoms with Crippen molar-refractivity contribution in [3.8, 4) is 11.5 Å². The van der Waals surface area contributed by atoms with Crippen molar-refractivity contribution in [2.45, 2.75) is 45.6 Å². The first-order chi connectivity index (χ1) is 10.3. The summed E-state index contributed by atoms with van der Waals surface area (Å²) in [6.07, 6.45) is 4.42. The average molecular weight is 290 g/mol. The first-order valence-electron chi connectivity index (χ1n) is 8.01. The largest absolute Gasteiger partial charge is 0.485 e. The zero-order chi connectivity index (χ0) is 14.9. The van der Waals surface area contributed by atoms with Gasteiger partial charge in [-0.15, -0.1) is 0 Å². The van der Waals surface area contributed by atoms with Gasteiger partial charge in [-0.2, -0.15) is 0 Å². The quantitative estimate of drug-likeness (QED) is 0.475. The van der Waals surface area contributed by atoms with Crippen molar-refractivity contribution in [1.29, 1.82) is 0 Å². The number of ether oxygens (including phenoxy) is 2. The Bertz CT molecular complexity index is 460. The number of nitrogens with zero attached hydrogens (tertiary/aromatic N) is 1. The molecule has 0 radical (unpaired) electrons. The highest BCUT2D eigenvalue weighted by molar-refractivity contribution is 5.87. The molecule has 0 bridgehead atoms. The smallest absolute Gasteiger partial charge is 0.189 e. The molecule has 1 aromatic rings. The average Bonchev–Trinajstić information content (AvgIpc) is 2.53. The van der Waals surface area contributed by atoms with E-state index < -0.39 is 0 Å². The summed E-state index contributed by atoms with van der Waals surface area (Å²) in [5.74, 6) is 2.54. The molecule has 0 aliphatic carbocycles. The first kappa shape index (κ1) is 15.7. The summed E-state index contributed by atoms with van der Waals surface area (Å²) < 4.78 is 11.8. The van der Waals surface area contributed by atoms with Crippen LogP contribution in [-0.4, -0.2) is 31.6 Å². The number of nitrogens with one attached hydrogen (secondary N) is 1. The highest BCUT2D eigenvalue weighted by Gasteiger charge is 2.25. The molecule has 1 atom stereocenters. The highest BCUT2D eigenvalue weighted by Crippen LogP contribution is 2.31. The van der Waals surface area contributed by atoms with Crippen LogP contribution in [0.1, 0.15) is 39.5 Å². The van der Waals surface area contributed by atoms with E-state index in [0.717, 1.165) is 49.7 Å². The van der Waals surface area contributed by atoms with Gasteiger partial charge < -0.3 is 14.8 Å². The lowest BCUT2D eigenvalue weighted by atomic mass is 10.2. The third-order valence-corrected chi connectivity index (χ3v) is 3.44. The fraction of sp³-hybridized carbons (Fsp3) is 0.588. The van der Waals surface area contributed by atoms with Gasteiger partial charge in [0.1, 0.15) is 12.4 Å². The number of fused-ring (bicyclic) bond motifs is 1. The molecule has 0 aromatic heterocycles. The summed E-state index contributed by atoms with van der Waals surface area (Å²) in [6.45, 7) is 6.65. The van der Waals surface area contributed by atoms with Gasteiger partial charge in [0, 0.05) is 13.1 Å². The van der Waals surface area contributed by atoms with Crippen LogP contribution >= 0.6 is 0 Å². The van der Waals surface area contributed by atoms with Crippen molar-refractivity contribution >= 4 is 5.84 Å². The van der Waals surface area contributed by atoms with Crippen molar-refractivity contribution in [3.63, 3.8) is 0 Å². The minimum Gasteiger partial charge on any atom is -0.485 e. The van der Waals surface area contributed by atoms with E-state index in [9.17, 15) is 0 Å². The van der Waals surface area contributed by atoms with Crippen LogP contribution < -0.4 is 14.8 Å². The molecule has 1 aliphatic heterocycles. The molecule has 2 rings (SSSR count). The summed E-state index contributed by atoms with van der Waals surface area (Å²) in [5.41, 5.74) is 0. The van der Waals surface area contributed by atoms with Crippen LogP contribution in [0.15, 0.2) is 29.3 Å². The van der Waals surface area contributed by atoms with Gasteiger partial charge in [0.15, 0.2) is 17.6 Å². The fourth-order valence-electron chi connectivity index (χ4n) is 2.18. The molecule has 21 heavy (non-hydrogen) atoms. The number of amidine groups is 1. The zero-order valence-electron chi connectivity index (χ0n) is 13.1. The molecular weight excluding hydrogens is 264 g/mol. The van der Waals surface area contributed by atoms with Crippen molar-refractivity contribution in [1.82, 2.24) is 5.32 Å². The Morgan fingerprint density at radius 3 is 2.71 bits per heavy atom. The van der Waals surface area contributed by atoms with Crippen LogP contribution in [0.2, 0.25) is 0 Å². The number of aliphatic imine (C=N–C) groups is 1. The van der Waals surface area contributed by atoms with Gasteiger partial charge in [-0.3, -0.25) is 4.99 Å². The highest BCUT2D eigenvalue weighted by atomic mass is 16.6. The maximum atomic E-state index is 6.04. The van der Waals surface area contributed by atoms with Crippen LogP contribution in [0.5, 0.6) is 11.5 Å². The molecule has 1 N–H and O–H groups in total. The van der Waals surface area contributed by atoms with Crippen LogP contribution in [-0.2, 0) is 0 Å². The van der Waals surface area contributed by atoms with Crippen LogP contribution in [0.25, 0.3) is 0 Å². The second kappa shape index (κ2) is 8.55. The summed E-state index contributed by atoms with van der Waals surface area (Å²) in [4.78, 5) is 4.68. The number of hydrogen-bond donors (Lipinski definition) is 1. The van der Waals surface area contributed by atoms with E-state index in [1.54, 1.807) is 0 Å². The van der Waals surface area contributed by atoms with Gasteiger partial charge in [-0.1, -0.05) is 38.8 Å². The van der Waals surface area contributed by atoms with E-state index in [2.05, 4.69) is 24.2 Å². The maximum Gasteiger partial charge on any atom is 0.189 e. The molecule has 0 amide bonds. The number of benzene rings is 1. The van der Waals surface area contributed by atoms with E-state index in [1.165, 1.54) is 6.42 Å². The molecule has 1 unspecified atom stereocenters. The maximum absolute atomic E-state index is 6.04. The Hall–Kier alpha value is -1.71. The van der Waals surface area contributed by atoms with Crippen LogP contribution in [0.4, 0.5) is 0 Å². The Morgan fingerprint density at radius 1 is 1.19 bits per heavy atom. The second-order valence-corrected chi connectivity index (χ2v) is 5.27. The number of para-hydroxylation sites is 2. The number of hydrogen-bond acceptors (Lipinski definition) is 3. The van der Waals surface area contributed by atoms with Gasteiger partial charge in [0.05, 0.1) is 0 Å². The summed E-state index contributed by atoms with van der Waals surface area (Å²) in [5, 5.41) is 3.43. The molecule has 1 heterocycles. The molecule has 0 spiro atoms. The van der Waals surface area contributed by atoms with Crippen molar-refractivity contribution in [3.05, 3.63) is 24.3 Å². The molecule has 116 valence electrons. The second-order valence-electron chi connectivity index (χ2n) is 5.27. The predicted octanol–water partition coefficient (Wildman–Crippen LogP) is 3.41. The number of rotatable bonds is 7. The zero-order valence-corrected chi connectivity index (χ0v) is 13.1. The fourth-order valence-corrected chi connectivity index (χ4v) is 2.18. The minimum atomic E-state index is -0.131. The molecule has 0 saturated carbocycles. The monoisotopic (exact) mass is 290 g/mol. The van der Waals surface area contributed by atoms with E-state index in [0.29, 0.717) is 6.61 Å². The van der Waals surface area contributed by atoms with E-state index in [-0.39, 0.29) is 6.10 Å². The SMILES string of the molecule is CCCCN=C(NCCCC)C1COc2ccccc2O1. The van der Waals surface area contributed by atoms with E-state index in [1.807, 2.05) is 24.3 Å². The normalized spacial score (nSPS) is 17.6. The third-order valence-electron chi connectivity index (χ3n) is 3.44. The Labute approximate surface area is 127 Å². The first-order valence-corrected chi connectivity index (χ1v) is 8.01. The Kier molecular flexibility index (Phi) is 6.38. The molecule has 0 saturated heterocycles. The van der Waals surface area contributed by atoms with Crippen LogP contribution in [0, 0.1) is 0 Å². The Morgan fingerprint density at radius 2 is 1.95 bits per heavy atom. The molecule has 1 aliphatic rings. The predicted molar refractivity (Wildman–Crippen MR) is 86.5 cm³/mol. The van der Waals surface area contributed by atoms with Crippen molar-refractivity contribution in [2.24, 2.45) is 4.99 Å². The van der Waals surface area contributed by atoms with Gasteiger partial charge in [-0.25, -0.2) is 0 Å². The summed E-state index contributed by atoms with van der Waals surface area (Å²) in [7, 11) is 0. The van der Waals surface area contributed by atoms with Gasteiger partial charge in [0.2, 0.25) is 0 Å². The minimum absolute atomic E-state index is 0.131. The van der Waals surface area contributed by atoms with Crippen LogP contribution in [0.3, 0.4) is 0 Å². The molecule has 4 heteroatoms. The lowest BCUT2D eigenvalue weighted by molar-refractivity contribution is 0.132. The molecule has 1 aromatic carbocycles. The topological polar surface area (TPSA) is 42.9 Å². The molecular formula is C17H26N2O2.